The van der Waals surface area contributed by atoms with Crippen LogP contribution < -0.4 is 0 Å². The van der Waals surface area contributed by atoms with Crippen LogP contribution >= 0.6 is 0 Å². The van der Waals surface area contributed by atoms with Gasteiger partial charge in [-0.05, 0) is 43.4 Å². The van der Waals surface area contributed by atoms with E-state index in [1.165, 1.54) is 12.1 Å². The fourth-order valence-corrected chi connectivity index (χ4v) is 1.25. The van der Waals surface area contributed by atoms with Crippen molar-refractivity contribution in [2.45, 2.75) is 39.5 Å². The lowest BCUT2D eigenvalue weighted by Gasteiger charge is -1.97. The molecule has 0 saturated heterocycles. The molecule has 0 radical (unpaired) electrons. The van der Waals surface area contributed by atoms with Crippen molar-refractivity contribution in [1.82, 2.24) is 0 Å². The third-order valence-electron chi connectivity index (χ3n) is 2.23. The molecule has 0 atom stereocenters. The standard InChI is InChI=1S/C9H8F2.C3H6O2.C2H6/c10-8-4-3-7(5-9(8)11)6-1-2-6;1-2-5-3-4;1-2/h3-6H,1-2H2;3H,2H2,1H3;1-2H3. The molecule has 0 unspecified atom stereocenters. The van der Waals surface area contributed by atoms with Gasteiger partial charge in [-0.25, -0.2) is 8.78 Å². The molecule has 1 aromatic carbocycles. The first-order chi connectivity index (χ1) is 8.69. The summed E-state index contributed by atoms with van der Waals surface area (Å²) in [5, 5.41) is 0. The van der Waals surface area contributed by atoms with E-state index in [-0.39, 0.29) is 0 Å². The van der Waals surface area contributed by atoms with Crippen molar-refractivity contribution in [3.8, 4) is 0 Å². The molecule has 0 N–H and O–H groups in total. The highest BCUT2D eigenvalue weighted by Gasteiger charge is 2.24. The van der Waals surface area contributed by atoms with E-state index in [4.69, 9.17) is 0 Å². The summed E-state index contributed by atoms with van der Waals surface area (Å²) >= 11 is 0. The minimum Gasteiger partial charge on any atom is -0.468 e. The van der Waals surface area contributed by atoms with E-state index in [2.05, 4.69) is 4.74 Å². The maximum atomic E-state index is 12.6. The van der Waals surface area contributed by atoms with Crippen molar-refractivity contribution in [3.63, 3.8) is 0 Å². The van der Waals surface area contributed by atoms with Crippen LogP contribution in [0.15, 0.2) is 18.2 Å². The third-order valence-corrected chi connectivity index (χ3v) is 2.23. The van der Waals surface area contributed by atoms with Gasteiger partial charge in [-0.2, -0.15) is 0 Å². The van der Waals surface area contributed by atoms with Gasteiger partial charge in [-0.1, -0.05) is 19.9 Å². The Balaban J connectivity index is 0.000000354. The molecule has 0 heterocycles. The number of ether oxygens (including phenoxy) is 1. The van der Waals surface area contributed by atoms with Crippen molar-refractivity contribution >= 4 is 6.47 Å². The summed E-state index contributed by atoms with van der Waals surface area (Å²) in [6.07, 6.45) is 2.23. The lowest BCUT2D eigenvalue weighted by atomic mass is 10.1. The minimum absolute atomic E-state index is 0.431. The van der Waals surface area contributed by atoms with Crippen molar-refractivity contribution in [3.05, 3.63) is 35.4 Å². The molecule has 1 fully saturated rings. The average Bonchev–Trinajstić information content (AvgIpc) is 3.21. The summed E-state index contributed by atoms with van der Waals surface area (Å²) in [6, 6.07) is 4.16. The SMILES string of the molecule is CC.CCOC=O.Fc1ccc(C2CC2)cc1F. The second-order valence-electron chi connectivity index (χ2n) is 3.50. The van der Waals surface area contributed by atoms with Crippen LogP contribution in [0.2, 0.25) is 0 Å². The lowest BCUT2D eigenvalue weighted by Crippen LogP contribution is -1.86. The Labute approximate surface area is 107 Å². The van der Waals surface area contributed by atoms with E-state index in [1.54, 1.807) is 13.0 Å². The van der Waals surface area contributed by atoms with E-state index in [0.29, 0.717) is 19.0 Å². The van der Waals surface area contributed by atoms with Crippen LogP contribution in [0, 0.1) is 11.6 Å². The van der Waals surface area contributed by atoms with Gasteiger partial charge in [0.05, 0.1) is 6.61 Å². The van der Waals surface area contributed by atoms with Gasteiger partial charge in [0.2, 0.25) is 0 Å². The lowest BCUT2D eigenvalue weighted by molar-refractivity contribution is -0.128. The number of benzene rings is 1. The van der Waals surface area contributed by atoms with E-state index in [1.807, 2.05) is 13.8 Å². The van der Waals surface area contributed by atoms with Crippen molar-refractivity contribution in [1.29, 1.82) is 0 Å². The Hall–Kier alpha value is -1.45. The summed E-state index contributed by atoms with van der Waals surface area (Å²) in [5.41, 5.74) is 0.934. The molecule has 2 rings (SSSR count). The number of rotatable bonds is 3. The number of carbonyl (C=O) groups excluding carboxylic acids is 1. The van der Waals surface area contributed by atoms with E-state index in [9.17, 15) is 13.6 Å². The molecule has 1 aromatic rings. The van der Waals surface area contributed by atoms with Gasteiger partial charge < -0.3 is 4.74 Å². The predicted octanol–water partition coefficient (Wildman–Crippen LogP) is 4.05. The number of hydrogen-bond acceptors (Lipinski definition) is 2. The molecular weight excluding hydrogens is 238 g/mol. The van der Waals surface area contributed by atoms with Crippen molar-refractivity contribution in [2.24, 2.45) is 0 Å². The number of halogens is 2. The summed E-state index contributed by atoms with van der Waals surface area (Å²) in [7, 11) is 0. The number of carbonyl (C=O) groups is 1. The molecule has 18 heavy (non-hydrogen) atoms. The zero-order valence-electron chi connectivity index (χ0n) is 11.1. The van der Waals surface area contributed by atoms with Gasteiger partial charge in [0.1, 0.15) is 0 Å². The number of hydrogen-bond donors (Lipinski definition) is 0. The third kappa shape index (κ3) is 6.33. The molecule has 0 amide bonds. The smallest absolute Gasteiger partial charge is 0.293 e. The first-order valence-corrected chi connectivity index (χ1v) is 6.19. The van der Waals surface area contributed by atoms with Gasteiger partial charge in [0, 0.05) is 0 Å². The van der Waals surface area contributed by atoms with Crippen LogP contribution in [-0.4, -0.2) is 13.1 Å². The molecule has 0 spiro atoms. The molecule has 1 aliphatic rings. The zero-order chi connectivity index (χ0) is 14.0. The first-order valence-electron chi connectivity index (χ1n) is 6.19. The fourth-order valence-electron chi connectivity index (χ4n) is 1.25. The van der Waals surface area contributed by atoms with E-state index in [0.717, 1.165) is 18.4 Å². The molecule has 2 nitrogen and oxygen atoms in total. The second kappa shape index (κ2) is 9.57. The second-order valence-corrected chi connectivity index (χ2v) is 3.50. The Bertz CT molecular complexity index is 350. The van der Waals surface area contributed by atoms with Gasteiger partial charge in [-0.3, -0.25) is 4.79 Å². The van der Waals surface area contributed by atoms with E-state index >= 15 is 0 Å². The molecular formula is C14H20F2O2. The van der Waals surface area contributed by atoms with Crippen molar-refractivity contribution < 1.29 is 18.3 Å². The van der Waals surface area contributed by atoms with Crippen LogP contribution in [0.4, 0.5) is 8.78 Å². The summed E-state index contributed by atoms with van der Waals surface area (Å²) in [4.78, 5) is 9.18. The summed E-state index contributed by atoms with van der Waals surface area (Å²) in [5.74, 6) is -0.992. The highest BCUT2D eigenvalue weighted by atomic mass is 19.2. The van der Waals surface area contributed by atoms with E-state index < -0.39 is 11.6 Å². The topological polar surface area (TPSA) is 26.3 Å². The van der Waals surface area contributed by atoms with Gasteiger partial charge in [0.25, 0.3) is 6.47 Å². The molecule has 102 valence electrons. The fraction of sp³-hybridized carbons (Fsp3) is 0.500. The zero-order valence-corrected chi connectivity index (χ0v) is 11.1. The Morgan fingerprint density at radius 1 is 1.28 bits per heavy atom. The Kier molecular flexibility index (Phi) is 8.80. The van der Waals surface area contributed by atoms with Gasteiger partial charge >= 0.3 is 0 Å². The van der Waals surface area contributed by atoms with Crippen LogP contribution in [0.3, 0.4) is 0 Å². The predicted molar refractivity (Wildman–Crippen MR) is 67.4 cm³/mol. The quantitative estimate of drug-likeness (QED) is 0.764. The van der Waals surface area contributed by atoms with Gasteiger partial charge in [0.15, 0.2) is 11.6 Å². The monoisotopic (exact) mass is 258 g/mol. The van der Waals surface area contributed by atoms with Crippen LogP contribution in [-0.2, 0) is 9.53 Å². The largest absolute Gasteiger partial charge is 0.468 e. The molecule has 0 bridgehead atoms. The summed E-state index contributed by atoms with van der Waals surface area (Å²) in [6.45, 7) is 6.66. The molecule has 4 heteroatoms. The van der Waals surface area contributed by atoms with Crippen molar-refractivity contribution in [2.75, 3.05) is 6.61 Å². The maximum absolute atomic E-state index is 12.6. The van der Waals surface area contributed by atoms with Crippen LogP contribution in [0.25, 0.3) is 0 Å². The minimum atomic E-state index is -0.755. The Morgan fingerprint density at radius 3 is 2.22 bits per heavy atom. The van der Waals surface area contributed by atoms with Crippen LogP contribution in [0.5, 0.6) is 0 Å². The highest BCUT2D eigenvalue weighted by molar-refractivity contribution is 5.36. The highest BCUT2D eigenvalue weighted by Crippen LogP contribution is 2.40. The van der Waals surface area contributed by atoms with Crippen LogP contribution in [0.1, 0.15) is 45.1 Å². The summed E-state index contributed by atoms with van der Waals surface area (Å²) < 4.78 is 29.2. The maximum Gasteiger partial charge on any atom is 0.293 e. The average molecular weight is 258 g/mol. The normalized spacial score (nSPS) is 12.5. The molecule has 1 saturated carbocycles. The Morgan fingerprint density at radius 2 is 1.89 bits per heavy atom. The molecule has 0 aliphatic heterocycles. The molecule has 1 aliphatic carbocycles. The molecule has 0 aromatic heterocycles. The first kappa shape index (κ1) is 16.6. The van der Waals surface area contributed by atoms with Gasteiger partial charge in [-0.15, -0.1) is 0 Å².